The van der Waals surface area contributed by atoms with E-state index in [1.54, 1.807) is 0 Å². The molecule has 0 radical (unpaired) electrons. The largest absolute Gasteiger partial charge is 0.382 e. The van der Waals surface area contributed by atoms with E-state index in [0.717, 1.165) is 18.3 Å². The van der Waals surface area contributed by atoms with Gasteiger partial charge in [0.05, 0.1) is 0 Å². The van der Waals surface area contributed by atoms with Crippen LogP contribution in [-0.4, -0.2) is 6.04 Å². The lowest BCUT2D eigenvalue weighted by atomic mass is 9.80. The highest BCUT2D eigenvalue weighted by atomic mass is 14.9. The molecule has 1 aliphatic carbocycles. The van der Waals surface area contributed by atoms with Crippen LogP contribution in [0.2, 0.25) is 0 Å². The van der Waals surface area contributed by atoms with Crippen molar-refractivity contribution < 1.29 is 0 Å². The standard InChI is InChI=1S/C16H25N/c1-4-14-6-5-7-15(11-14)17-16-9-8-12(2)10-13(16)3/h5-7,11-13,16-17H,4,8-10H2,1-3H3. The molecule has 0 saturated heterocycles. The third-order valence-electron chi connectivity index (χ3n) is 4.12. The van der Waals surface area contributed by atoms with Crippen LogP contribution < -0.4 is 5.32 Å². The predicted molar refractivity (Wildman–Crippen MR) is 75.4 cm³/mol. The molecule has 1 fully saturated rings. The highest BCUT2D eigenvalue weighted by Gasteiger charge is 2.24. The maximum atomic E-state index is 3.73. The van der Waals surface area contributed by atoms with Gasteiger partial charge in [-0.2, -0.15) is 0 Å². The van der Waals surface area contributed by atoms with Crippen molar-refractivity contribution in [2.45, 2.75) is 52.5 Å². The van der Waals surface area contributed by atoms with Crippen molar-refractivity contribution in [1.29, 1.82) is 0 Å². The van der Waals surface area contributed by atoms with E-state index in [2.05, 4.69) is 50.4 Å². The Balaban J connectivity index is 2.00. The Hall–Kier alpha value is -0.980. The van der Waals surface area contributed by atoms with Crippen molar-refractivity contribution >= 4 is 5.69 Å². The van der Waals surface area contributed by atoms with E-state index in [9.17, 15) is 0 Å². The van der Waals surface area contributed by atoms with Crippen molar-refractivity contribution in [1.82, 2.24) is 0 Å². The molecule has 17 heavy (non-hydrogen) atoms. The number of anilines is 1. The average Bonchev–Trinajstić information content (AvgIpc) is 2.33. The molecule has 0 heterocycles. The molecule has 94 valence electrons. The molecule has 0 bridgehead atoms. The van der Waals surface area contributed by atoms with Gasteiger partial charge in [-0.1, -0.05) is 32.9 Å². The second kappa shape index (κ2) is 5.57. The molecular formula is C16H25N. The third kappa shape index (κ3) is 3.24. The Morgan fingerprint density at radius 3 is 2.76 bits per heavy atom. The third-order valence-corrected chi connectivity index (χ3v) is 4.12. The molecule has 1 aromatic carbocycles. The Bertz CT molecular complexity index is 358. The minimum absolute atomic E-state index is 0.665. The van der Waals surface area contributed by atoms with Gasteiger partial charge in [0.2, 0.25) is 0 Å². The zero-order valence-corrected chi connectivity index (χ0v) is 11.4. The molecule has 1 N–H and O–H groups in total. The topological polar surface area (TPSA) is 12.0 Å². The highest BCUT2D eigenvalue weighted by Crippen LogP contribution is 2.30. The van der Waals surface area contributed by atoms with Crippen molar-refractivity contribution in [2.24, 2.45) is 11.8 Å². The van der Waals surface area contributed by atoms with E-state index < -0.39 is 0 Å². The van der Waals surface area contributed by atoms with E-state index in [0.29, 0.717) is 6.04 Å². The molecule has 3 atom stereocenters. The summed E-state index contributed by atoms with van der Waals surface area (Å²) in [7, 11) is 0. The Morgan fingerprint density at radius 2 is 2.06 bits per heavy atom. The molecular weight excluding hydrogens is 206 g/mol. The van der Waals surface area contributed by atoms with Crippen LogP contribution in [0.1, 0.15) is 45.6 Å². The first-order valence-electron chi connectivity index (χ1n) is 7.04. The van der Waals surface area contributed by atoms with Crippen molar-refractivity contribution in [3.8, 4) is 0 Å². The average molecular weight is 231 g/mol. The summed E-state index contributed by atoms with van der Waals surface area (Å²) in [6.45, 7) is 6.98. The number of nitrogens with one attached hydrogen (secondary N) is 1. The SMILES string of the molecule is CCc1cccc(NC2CCC(C)CC2C)c1. The maximum absolute atomic E-state index is 3.73. The fourth-order valence-electron chi connectivity index (χ4n) is 2.97. The smallest absolute Gasteiger partial charge is 0.0345 e. The Labute approximate surface area is 106 Å². The molecule has 0 aliphatic heterocycles. The first-order chi connectivity index (χ1) is 8.19. The van der Waals surface area contributed by atoms with Gasteiger partial charge in [-0.25, -0.2) is 0 Å². The van der Waals surface area contributed by atoms with Gasteiger partial charge in [-0.15, -0.1) is 0 Å². The molecule has 1 nitrogen and oxygen atoms in total. The summed E-state index contributed by atoms with van der Waals surface area (Å²) < 4.78 is 0. The van der Waals surface area contributed by atoms with Crippen LogP contribution in [0.5, 0.6) is 0 Å². The summed E-state index contributed by atoms with van der Waals surface area (Å²) in [4.78, 5) is 0. The van der Waals surface area contributed by atoms with Crippen molar-refractivity contribution in [3.05, 3.63) is 29.8 Å². The summed E-state index contributed by atoms with van der Waals surface area (Å²) in [5.74, 6) is 1.70. The summed E-state index contributed by atoms with van der Waals surface area (Å²) in [6.07, 6.45) is 5.17. The summed E-state index contributed by atoms with van der Waals surface area (Å²) in [6, 6.07) is 9.53. The minimum atomic E-state index is 0.665. The van der Waals surface area contributed by atoms with Gasteiger partial charge in [0, 0.05) is 11.7 Å². The van der Waals surface area contributed by atoms with E-state index in [-0.39, 0.29) is 0 Å². The lowest BCUT2D eigenvalue weighted by Gasteiger charge is -2.34. The quantitative estimate of drug-likeness (QED) is 0.808. The van der Waals surface area contributed by atoms with Gasteiger partial charge in [-0.05, 0) is 55.2 Å². The fourth-order valence-corrected chi connectivity index (χ4v) is 2.97. The molecule has 1 saturated carbocycles. The molecule has 3 unspecified atom stereocenters. The number of hydrogen-bond donors (Lipinski definition) is 1. The zero-order valence-electron chi connectivity index (χ0n) is 11.4. The lowest BCUT2D eigenvalue weighted by molar-refractivity contribution is 0.276. The van der Waals surface area contributed by atoms with Crippen LogP contribution in [-0.2, 0) is 6.42 Å². The van der Waals surface area contributed by atoms with Gasteiger partial charge in [0.15, 0.2) is 0 Å². The predicted octanol–water partition coefficient (Wildman–Crippen LogP) is 4.49. The van der Waals surface area contributed by atoms with Crippen molar-refractivity contribution in [3.63, 3.8) is 0 Å². The van der Waals surface area contributed by atoms with Crippen LogP contribution in [0.3, 0.4) is 0 Å². The normalized spacial score (nSPS) is 29.0. The van der Waals surface area contributed by atoms with E-state index >= 15 is 0 Å². The van der Waals surface area contributed by atoms with Gasteiger partial charge < -0.3 is 5.32 Å². The molecule has 1 aromatic rings. The summed E-state index contributed by atoms with van der Waals surface area (Å²) in [5.41, 5.74) is 2.72. The van der Waals surface area contributed by atoms with Gasteiger partial charge in [-0.3, -0.25) is 0 Å². The van der Waals surface area contributed by atoms with Crippen LogP contribution in [0.4, 0.5) is 5.69 Å². The van der Waals surface area contributed by atoms with Crippen molar-refractivity contribution in [2.75, 3.05) is 5.32 Å². The Kier molecular flexibility index (Phi) is 4.09. The van der Waals surface area contributed by atoms with E-state index in [1.165, 1.54) is 30.5 Å². The number of hydrogen-bond acceptors (Lipinski definition) is 1. The van der Waals surface area contributed by atoms with Crippen LogP contribution in [0, 0.1) is 11.8 Å². The molecule has 0 spiro atoms. The Morgan fingerprint density at radius 1 is 1.24 bits per heavy atom. The van der Waals surface area contributed by atoms with Crippen LogP contribution >= 0.6 is 0 Å². The zero-order chi connectivity index (χ0) is 12.3. The maximum Gasteiger partial charge on any atom is 0.0345 e. The van der Waals surface area contributed by atoms with Gasteiger partial charge >= 0.3 is 0 Å². The minimum Gasteiger partial charge on any atom is -0.382 e. The summed E-state index contributed by atoms with van der Waals surface area (Å²) in [5, 5.41) is 3.73. The van der Waals surface area contributed by atoms with Crippen LogP contribution in [0.15, 0.2) is 24.3 Å². The monoisotopic (exact) mass is 231 g/mol. The number of benzene rings is 1. The van der Waals surface area contributed by atoms with Gasteiger partial charge in [0.25, 0.3) is 0 Å². The first kappa shape index (κ1) is 12.5. The molecule has 1 heteroatoms. The van der Waals surface area contributed by atoms with E-state index in [1.807, 2.05) is 0 Å². The first-order valence-corrected chi connectivity index (χ1v) is 7.04. The molecule has 0 aromatic heterocycles. The lowest BCUT2D eigenvalue weighted by Crippen LogP contribution is -2.32. The number of rotatable bonds is 3. The second-order valence-electron chi connectivity index (χ2n) is 5.70. The number of aryl methyl sites for hydroxylation is 1. The van der Waals surface area contributed by atoms with E-state index in [4.69, 9.17) is 0 Å². The highest BCUT2D eigenvalue weighted by molar-refractivity contribution is 5.46. The summed E-state index contributed by atoms with van der Waals surface area (Å²) >= 11 is 0. The fraction of sp³-hybridized carbons (Fsp3) is 0.625. The van der Waals surface area contributed by atoms with Gasteiger partial charge in [0.1, 0.15) is 0 Å². The second-order valence-corrected chi connectivity index (χ2v) is 5.70. The molecule has 2 rings (SSSR count). The molecule has 0 amide bonds. The van der Waals surface area contributed by atoms with Crippen LogP contribution in [0.25, 0.3) is 0 Å². The molecule has 1 aliphatic rings.